The predicted octanol–water partition coefficient (Wildman–Crippen LogP) is 10.5. The number of rotatable bonds is 20. The maximum absolute atomic E-state index is 5.98. The summed E-state index contributed by atoms with van der Waals surface area (Å²) in [6.45, 7) is 5.35. The predicted molar refractivity (Wildman–Crippen MR) is 159 cm³/mol. The van der Waals surface area contributed by atoms with Gasteiger partial charge in [0, 0.05) is 5.56 Å². The fourth-order valence-corrected chi connectivity index (χ4v) is 4.96. The van der Waals surface area contributed by atoms with Gasteiger partial charge in [-0.3, -0.25) is 4.98 Å². The smallest absolute Gasteiger partial charge is 0.119 e. The first-order valence-electron chi connectivity index (χ1n) is 15.3. The molecule has 0 unspecified atom stereocenters. The van der Waals surface area contributed by atoms with E-state index in [4.69, 9.17) is 14.7 Å². The van der Waals surface area contributed by atoms with Crippen LogP contribution < -0.4 is 4.74 Å². The molecule has 0 radical (unpaired) electrons. The molecule has 37 heavy (non-hydrogen) atoms. The van der Waals surface area contributed by atoms with Crippen LogP contribution in [0.1, 0.15) is 122 Å². The molecule has 0 amide bonds. The van der Waals surface area contributed by atoms with Crippen molar-refractivity contribution in [1.29, 1.82) is 0 Å². The van der Waals surface area contributed by atoms with E-state index in [2.05, 4.69) is 56.3 Å². The van der Waals surface area contributed by atoms with Crippen LogP contribution in [0, 0.1) is 0 Å². The third-order valence-electron chi connectivity index (χ3n) is 7.34. The number of unbranched alkanes of at least 4 members (excludes halogenated alkanes) is 14. The number of hydrogen-bond donors (Lipinski definition) is 0. The summed E-state index contributed by atoms with van der Waals surface area (Å²) < 4.78 is 5.98. The molecule has 0 aliphatic carbocycles. The Labute approximate surface area is 226 Å². The summed E-state index contributed by atoms with van der Waals surface area (Å²) >= 11 is 0. The van der Waals surface area contributed by atoms with Crippen molar-refractivity contribution in [1.82, 2.24) is 9.97 Å². The highest BCUT2D eigenvalue weighted by Crippen LogP contribution is 2.23. The van der Waals surface area contributed by atoms with E-state index < -0.39 is 0 Å². The lowest BCUT2D eigenvalue weighted by Crippen LogP contribution is -1.97. The van der Waals surface area contributed by atoms with Crippen LogP contribution in [0.5, 0.6) is 5.75 Å². The molecule has 0 bridgehead atoms. The zero-order valence-corrected chi connectivity index (χ0v) is 23.6. The Morgan fingerprint density at radius 2 is 1.19 bits per heavy atom. The Balaban J connectivity index is 1.36. The highest BCUT2D eigenvalue weighted by Gasteiger charge is 2.05. The normalized spacial score (nSPS) is 11.3. The van der Waals surface area contributed by atoms with Crippen LogP contribution >= 0.6 is 0 Å². The molecule has 0 aliphatic heterocycles. The maximum atomic E-state index is 5.98. The zero-order chi connectivity index (χ0) is 26.0. The first kappa shape index (κ1) is 29.1. The molecule has 0 aliphatic rings. The lowest BCUT2D eigenvalue weighted by atomic mass is 10.0. The van der Waals surface area contributed by atoms with Crippen LogP contribution in [0.3, 0.4) is 0 Å². The summed E-state index contributed by atoms with van der Waals surface area (Å²) in [6, 6.07) is 14.9. The van der Waals surface area contributed by atoms with Gasteiger partial charge in [-0.25, -0.2) is 4.98 Å². The Kier molecular flexibility index (Phi) is 14.1. The van der Waals surface area contributed by atoms with Gasteiger partial charge in [0.25, 0.3) is 0 Å². The largest absolute Gasteiger partial charge is 0.494 e. The van der Waals surface area contributed by atoms with E-state index in [0.29, 0.717) is 0 Å². The van der Waals surface area contributed by atoms with Gasteiger partial charge in [-0.1, -0.05) is 110 Å². The second kappa shape index (κ2) is 17.9. The van der Waals surface area contributed by atoms with Crippen LogP contribution in [0.4, 0.5) is 0 Å². The number of aryl methyl sites for hydroxylation is 1. The minimum Gasteiger partial charge on any atom is -0.494 e. The highest BCUT2D eigenvalue weighted by atomic mass is 16.5. The molecule has 202 valence electrons. The van der Waals surface area contributed by atoms with Gasteiger partial charge in [0.2, 0.25) is 0 Å². The summed E-state index contributed by atoms with van der Waals surface area (Å²) in [5, 5.41) is 0. The number of benzene rings is 2. The van der Waals surface area contributed by atoms with E-state index in [0.717, 1.165) is 47.5 Å². The van der Waals surface area contributed by atoms with Crippen molar-refractivity contribution in [2.75, 3.05) is 6.61 Å². The third kappa shape index (κ3) is 11.2. The van der Waals surface area contributed by atoms with Crippen molar-refractivity contribution in [3.63, 3.8) is 0 Å². The van der Waals surface area contributed by atoms with Crippen LogP contribution in [0.25, 0.3) is 22.3 Å². The first-order valence-corrected chi connectivity index (χ1v) is 15.3. The SMILES string of the molecule is CCCCCCCCCCCCOc1ccc(-c2cnc3cc(CCCCCCCC)ccc3n2)cc1. The molecule has 0 fully saturated rings. The monoisotopic (exact) mass is 502 g/mol. The average Bonchev–Trinajstić information content (AvgIpc) is 2.93. The van der Waals surface area contributed by atoms with Gasteiger partial charge >= 0.3 is 0 Å². The topological polar surface area (TPSA) is 35.0 Å². The lowest BCUT2D eigenvalue weighted by Gasteiger charge is -2.08. The zero-order valence-electron chi connectivity index (χ0n) is 23.6. The van der Waals surface area contributed by atoms with Crippen molar-refractivity contribution in [3.05, 3.63) is 54.2 Å². The van der Waals surface area contributed by atoms with E-state index in [-0.39, 0.29) is 0 Å². The van der Waals surface area contributed by atoms with E-state index in [1.54, 1.807) is 0 Å². The molecule has 1 heterocycles. The summed E-state index contributed by atoms with van der Waals surface area (Å²) in [6.07, 6.45) is 24.5. The molecule has 2 aromatic carbocycles. The number of nitrogens with zero attached hydrogens (tertiary/aromatic N) is 2. The Morgan fingerprint density at radius 3 is 1.84 bits per heavy atom. The Bertz CT molecular complexity index is 998. The van der Waals surface area contributed by atoms with Crippen LogP contribution in [0.15, 0.2) is 48.7 Å². The van der Waals surface area contributed by atoms with E-state index in [9.17, 15) is 0 Å². The molecule has 0 spiro atoms. The van der Waals surface area contributed by atoms with Gasteiger partial charge in [-0.2, -0.15) is 0 Å². The third-order valence-corrected chi connectivity index (χ3v) is 7.34. The molecule has 3 aromatic rings. The van der Waals surface area contributed by atoms with Crippen LogP contribution in [-0.2, 0) is 6.42 Å². The minimum absolute atomic E-state index is 0.798. The summed E-state index contributed by atoms with van der Waals surface area (Å²) in [5.74, 6) is 0.938. The molecule has 0 saturated carbocycles. The van der Waals surface area contributed by atoms with Crippen molar-refractivity contribution in [3.8, 4) is 17.0 Å². The molecule has 0 atom stereocenters. The van der Waals surface area contributed by atoms with Crippen molar-refractivity contribution < 1.29 is 4.74 Å². The highest BCUT2D eigenvalue weighted by molar-refractivity contribution is 5.77. The second-order valence-electron chi connectivity index (χ2n) is 10.7. The van der Waals surface area contributed by atoms with Gasteiger partial charge in [0.05, 0.1) is 29.5 Å². The Morgan fingerprint density at radius 1 is 0.595 bits per heavy atom. The first-order chi connectivity index (χ1) is 18.3. The van der Waals surface area contributed by atoms with Gasteiger partial charge in [0.15, 0.2) is 0 Å². The summed E-state index contributed by atoms with van der Waals surface area (Å²) in [4.78, 5) is 9.60. The second-order valence-corrected chi connectivity index (χ2v) is 10.7. The van der Waals surface area contributed by atoms with Crippen LogP contribution in [-0.4, -0.2) is 16.6 Å². The van der Waals surface area contributed by atoms with Gasteiger partial charge in [-0.05, 0) is 61.2 Å². The standard InChI is InChI=1S/C34H50N2O/c1-3-5-7-9-11-12-13-14-16-18-26-37-31-23-21-30(22-24-31)34-28-35-33-27-29(20-25-32(33)36-34)19-17-15-10-8-6-4-2/h20-25,27-28H,3-19,26H2,1-2H3. The van der Waals surface area contributed by atoms with Gasteiger partial charge < -0.3 is 4.74 Å². The molecule has 0 saturated heterocycles. The molecular weight excluding hydrogens is 452 g/mol. The number of aromatic nitrogens is 2. The van der Waals surface area contributed by atoms with E-state index in [1.165, 1.54) is 102 Å². The molecule has 1 aromatic heterocycles. The van der Waals surface area contributed by atoms with Crippen LogP contribution in [0.2, 0.25) is 0 Å². The summed E-state index contributed by atoms with van der Waals surface area (Å²) in [7, 11) is 0. The molecule has 3 rings (SSSR count). The molecule has 3 heteroatoms. The van der Waals surface area contributed by atoms with E-state index in [1.807, 2.05) is 6.20 Å². The number of fused-ring (bicyclic) bond motifs is 1. The van der Waals surface area contributed by atoms with Gasteiger partial charge in [0.1, 0.15) is 5.75 Å². The Hall–Kier alpha value is -2.42. The van der Waals surface area contributed by atoms with Crippen molar-refractivity contribution in [2.45, 2.75) is 123 Å². The van der Waals surface area contributed by atoms with Crippen molar-refractivity contribution in [2.24, 2.45) is 0 Å². The lowest BCUT2D eigenvalue weighted by molar-refractivity contribution is 0.304. The fraction of sp³-hybridized carbons (Fsp3) is 0.588. The van der Waals surface area contributed by atoms with Gasteiger partial charge in [-0.15, -0.1) is 0 Å². The summed E-state index contributed by atoms with van der Waals surface area (Å²) in [5.41, 5.74) is 5.32. The number of ether oxygens (including phenoxy) is 1. The van der Waals surface area contributed by atoms with Crippen molar-refractivity contribution >= 4 is 11.0 Å². The fourth-order valence-electron chi connectivity index (χ4n) is 4.96. The quantitative estimate of drug-likeness (QED) is 0.144. The molecule has 0 N–H and O–H groups in total. The average molecular weight is 503 g/mol. The number of hydrogen-bond acceptors (Lipinski definition) is 3. The van der Waals surface area contributed by atoms with E-state index >= 15 is 0 Å². The minimum atomic E-state index is 0.798. The molecule has 3 nitrogen and oxygen atoms in total. The maximum Gasteiger partial charge on any atom is 0.119 e. The molecular formula is C34H50N2O.